The number of imidazole rings is 1. The molecule has 3 heterocycles. The number of aromatic nitrogens is 2. The van der Waals surface area contributed by atoms with Gasteiger partial charge in [0, 0.05) is 30.3 Å². The first-order valence-corrected chi connectivity index (χ1v) is 9.88. The summed E-state index contributed by atoms with van der Waals surface area (Å²) in [5, 5.41) is 3.56. The SMILES string of the molecule is Cc1cc(Cl)ccc1NC(=O)c1nc(C(=O)N2CCCC2)n2c1CCCC2. The Morgan fingerprint density at radius 3 is 2.59 bits per heavy atom. The predicted molar refractivity (Wildman–Crippen MR) is 104 cm³/mol. The van der Waals surface area contributed by atoms with Crippen molar-refractivity contribution in [3.05, 3.63) is 46.0 Å². The third kappa shape index (κ3) is 3.46. The molecule has 2 aliphatic heterocycles. The summed E-state index contributed by atoms with van der Waals surface area (Å²) in [6, 6.07) is 5.34. The molecule has 2 aromatic rings. The summed E-state index contributed by atoms with van der Waals surface area (Å²) in [5.41, 5.74) is 2.83. The quantitative estimate of drug-likeness (QED) is 0.875. The number of nitrogens with one attached hydrogen (secondary N) is 1. The van der Waals surface area contributed by atoms with Crippen molar-refractivity contribution in [1.29, 1.82) is 0 Å². The van der Waals surface area contributed by atoms with Crippen LogP contribution in [0.2, 0.25) is 5.02 Å². The number of halogens is 1. The third-order valence-corrected chi connectivity index (χ3v) is 5.59. The number of carbonyl (C=O) groups excluding carboxylic acids is 2. The molecule has 0 saturated carbocycles. The molecule has 0 radical (unpaired) electrons. The zero-order valence-corrected chi connectivity index (χ0v) is 16.2. The van der Waals surface area contributed by atoms with E-state index in [1.807, 2.05) is 22.5 Å². The Balaban J connectivity index is 1.65. The fraction of sp³-hybridized carbons (Fsp3) is 0.450. The van der Waals surface area contributed by atoms with Crippen molar-refractivity contribution in [3.63, 3.8) is 0 Å². The van der Waals surface area contributed by atoms with Crippen molar-refractivity contribution in [2.24, 2.45) is 0 Å². The molecule has 6 nitrogen and oxygen atoms in total. The zero-order chi connectivity index (χ0) is 19.0. The summed E-state index contributed by atoms with van der Waals surface area (Å²) < 4.78 is 1.95. The molecule has 2 aliphatic rings. The van der Waals surface area contributed by atoms with Gasteiger partial charge in [0.25, 0.3) is 11.8 Å². The number of anilines is 1. The number of hydrogen-bond acceptors (Lipinski definition) is 3. The van der Waals surface area contributed by atoms with E-state index in [1.165, 1.54) is 0 Å². The Bertz CT molecular complexity index is 900. The van der Waals surface area contributed by atoms with Gasteiger partial charge < -0.3 is 14.8 Å². The number of hydrogen-bond donors (Lipinski definition) is 1. The largest absolute Gasteiger partial charge is 0.336 e. The van der Waals surface area contributed by atoms with Gasteiger partial charge in [-0.25, -0.2) is 4.98 Å². The first kappa shape index (κ1) is 18.0. The van der Waals surface area contributed by atoms with Gasteiger partial charge >= 0.3 is 0 Å². The molecule has 1 N–H and O–H groups in total. The van der Waals surface area contributed by atoms with E-state index in [2.05, 4.69) is 10.3 Å². The molecule has 7 heteroatoms. The zero-order valence-electron chi connectivity index (χ0n) is 15.4. The van der Waals surface area contributed by atoms with Crippen molar-refractivity contribution in [2.75, 3.05) is 18.4 Å². The van der Waals surface area contributed by atoms with E-state index in [4.69, 9.17) is 11.6 Å². The average Bonchev–Trinajstić information content (AvgIpc) is 3.31. The minimum absolute atomic E-state index is 0.0580. The normalized spacial score (nSPS) is 16.3. The molecule has 2 amide bonds. The lowest BCUT2D eigenvalue weighted by Crippen LogP contribution is -2.31. The first-order chi connectivity index (χ1) is 13.0. The van der Waals surface area contributed by atoms with Crippen LogP contribution in [-0.2, 0) is 13.0 Å². The molecule has 0 atom stereocenters. The molecule has 1 fully saturated rings. The summed E-state index contributed by atoms with van der Waals surface area (Å²) in [6.07, 6.45) is 4.83. The van der Waals surface area contributed by atoms with Crippen LogP contribution < -0.4 is 5.32 Å². The smallest absolute Gasteiger partial charge is 0.289 e. The second-order valence-electron chi connectivity index (χ2n) is 7.25. The van der Waals surface area contributed by atoms with Gasteiger partial charge in [-0.1, -0.05) is 11.6 Å². The van der Waals surface area contributed by atoms with Crippen LogP contribution in [0.5, 0.6) is 0 Å². The monoisotopic (exact) mass is 386 g/mol. The van der Waals surface area contributed by atoms with E-state index in [9.17, 15) is 9.59 Å². The molecule has 1 saturated heterocycles. The van der Waals surface area contributed by atoms with Crippen molar-refractivity contribution in [3.8, 4) is 0 Å². The fourth-order valence-electron chi connectivity index (χ4n) is 3.90. The maximum absolute atomic E-state index is 12.9. The Morgan fingerprint density at radius 1 is 1.11 bits per heavy atom. The second kappa shape index (κ2) is 7.35. The number of aryl methyl sites for hydroxylation is 1. The van der Waals surface area contributed by atoms with Crippen molar-refractivity contribution >= 4 is 29.1 Å². The Labute approximate surface area is 163 Å². The minimum Gasteiger partial charge on any atom is -0.336 e. The molecular formula is C20H23ClN4O2. The molecule has 1 aromatic carbocycles. The lowest BCUT2D eigenvalue weighted by Gasteiger charge is -2.19. The van der Waals surface area contributed by atoms with Crippen LogP contribution in [0.3, 0.4) is 0 Å². The Kier molecular flexibility index (Phi) is 4.91. The molecule has 0 aliphatic carbocycles. The highest BCUT2D eigenvalue weighted by molar-refractivity contribution is 6.30. The topological polar surface area (TPSA) is 67.2 Å². The summed E-state index contributed by atoms with van der Waals surface area (Å²) in [5.74, 6) is 0.0773. The number of rotatable bonds is 3. The lowest BCUT2D eigenvalue weighted by atomic mass is 10.1. The lowest BCUT2D eigenvalue weighted by molar-refractivity contribution is 0.0774. The highest BCUT2D eigenvalue weighted by Gasteiger charge is 2.30. The maximum atomic E-state index is 12.9. The number of carbonyl (C=O) groups is 2. The van der Waals surface area contributed by atoms with E-state index in [1.54, 1.807) is 12.1 Å². The summed E-state index contributed by atoms with van der Waals surface area (Å²) in [4.78, 5) is 32.2. The predicted octanol–water partition coefficient (Wildman–Crippen LogP) is 3.67. The van der Waals surface area contributed by atoms with Crippen LogP contribution in [0.25, 0.3) is 0 Å². The summed E-state index contributed by atoms with van der Waals surface area (Å²) in [6.45, 7) is 4.18. The average molecular weight is 387 g/mol. The number of benzene rings is 1. The van der Waals surface area contributed by atoms with E-state index < -0.39 is 0 Å². The van der Waals surface area contributed by atoms with E-state index in [0.29, 0.717) is 22.2 Å². The highest BCUT2D eigenvalue weighted by atomic mass is 35.5. The van der Waals surface area contributed by atoms with Gasteiger partial charge in [0.1, 0.15) is 0 Å². The van der Waals surface area contributed by atoms with Crippen molar-refractivity contribution in [2.45, 2.75) is 45.6 Å². The van der Waals surface area contributed by atoms with Crippen molar-refractivity contribution < 1.29 is 9.59 Å². The van der Waals surface area contributed by atoms with Gasteiger partial charge in [0.05, 0.1) is 5.69 Å². The van der Waals surface area contributed by atoms with Gasteiger partial charge in [0.2, 0.25) is 0 Å². The second-order valence-corrected chi connectivity index (χ2v) is 7.69. The molecule has 142 valence electrons. The standard InChI is InChI=1S/C20H23ClN4O2/c1-13-12-14(21)7-8-15(13)22-19(26)17-16-6-2-3-11-25(16)18(23-17)20(27)24-9-4-5-10-24/h7-8,12H,2-6,9-11H2,1H3,(H,22,26). The Morgan fingerprint density at radius 2 is 1.85 bits per heavy atom. The maximum Gasteiger partial charge on any atom is 0.289 e. The molecule has 27 heavy (non-hydrogen) atoms. The van der Waals surface area contributed by atoms with E-state index >= 15 is 0 Å². The van der Waals surface area contributed by atoms with Gasteiger partial charge in [-0.2, -0.15) is 0 Å². The van der Waals surface area contributed by atoms with Crippen LogP contribution in [0.1, 0.15) is 58.0 Å². The highest BCUT2D eigenvalue weighted by Crippen LogP contribution is 2.25. The number of nitrogens with zero attached hydrogens (tertiary/aromatic N) is 3. The van der Waals surface area contributed by atoms with Gasteiger partial charge in [-0.05, 0) is 62.8 Å². The fourth-order valence-corrected chi connectivity index (χ4v) is 4.13. The molecule has 4 rings (SSSR count). The summed E-state index contributed by atoms with van der Waals surface area (Å²) in [7, 11) is 0. The van der Waals surface area contributed by atoms with Crippen LogP contribution >= 0.6 is 11.6 Å². The first-order valence-electron chi connectivity index (χ1n) is 9.51. The van der Waals surface area contributed by atoms with E-state index in [0.717, 1.165) is 63.0 Å². The summed E-state index contributed by atoms with van der Waals surface area (Å²) >= 11 is 6.00. The van der Waals surface area contributed by atoms with Crippen LogP contribution in [-0.4, -0.2) is 39.4 Å². The number of fused-ring (bicyclic) bond motifs is 1. The van der Waals surface area contributed by atoms with Crippen LogP contribution in [0, 0.1) is 6.92 Å². The number of likely N-dealkylation sites (tertiary alicyclic amines) is 1. The number of amides is 2. The molecule has 1 aromatic heterocycles. The van der Waals surface area contributed by atoms with Crippen LogP contribution in [0.15, 0.2) is 18.2 Å². The Hall–Kier alpha value is -2.34. The van der Waals surface area contributed by atoms with E-state index in [-0.39, 0.29) is 11.8 Å². The van der Waals surface area contributed by atoms with Gasteiger partial charge in [-0.3, -0.25) is 9.59 Å². The molecule has 0 bridgehead atoms. The third-order valence-electron chi connectivity index (χ3n) is 5.35. The van der Waals surface area contributed by atoms with Crippen LogP contribution in [0.4, 0.5) is 5.69 Å². The van der Waals surface area contributed by atoms with Gasteiger partial charge in [0.15, 0.2) is 11.5 Å². The molecule has 0 spiro atoms. The molecular weight excluding hydrogens is 364 g/mol. The van der Waals surface area contributed by atoms with Crippen molar-refractivity contribution in [1.82, 2.24) is 14.5 Å². The van der Waals surface area contributed by atoms with Gasteiger partial charge in [-0.15, -0.1) is 0 Å². The minimum atomic E-state index is -0.272. The molecule has 0 unspecified atom stereocenters.